The Morgan fingerprint density at radius 3 is 2.16 bits per heavy atom. The van der Waals surface area contributed by atoms with Crippen molar-refractivity contribution in [1.29, 1.82) is 0 Å². The molecule has 164 valence electrons. The zero-order chi connectivity index (χ0) is 21.8. The van der Waals surface area contributed by atoms with Crippen LogP contribution < -0.4 is 0 Å². The molecule has 1 saturated carbocycles. The quantitative estimate of drug-likeness (QED) is 0.394. The van der Waals surface area contributed by atoms with Crippen molar-refractivity contribution in [3.63, 3.8) is 0 Å². The molecule has 3 nitrogen and oxygen atoms in total. The van der Waals surface area contributed by atoms with Gasteiger partial charge < -0.3 is 9.67 Å². The number of para-hydroxylation sites is 1. The van der Waals surface area contributed by atoms with Gasteiger partial charge in [-0.05, 0) is 35.6 Å². The Bertz CT molecular complexity index is 1140. The Labute approximate surface area is 190 Å². The lowest BCUT2D eigenvalue weighted by Gasteiger charge is -2.37. The zero-order valence-corrected chi connectivity index (χ0v) is 18.6. The molecule has 1 N–H and O–H groups in total. The van der Waals surface area contributed by atoms with Crippen LogP contribution >= 0.6 is 0 Å². The van der Waals surface area contributed by atoms with Gasteiger partial charge in [0.2, 0.25) is 0 Å². The van der Waals surface area contributed by atoms with E-state index >= 15 is 0 Å². The van der Waals surface area contributed by atoms with E-state index in [2.05, 4.69) is 101 Å². The monoisotopic (exact) mass is 424 g/mol. The summed E-state index contributed by atoms with van der Waals surface area (Å²) in [6.07, 6.45) is 6.38. The van der Waals surface area contributed by atoms with Gasteiger partial charge in [-0.25, -0.2) is 0 Å². The number of fused-ring (bicyclic) bond motifs is 1. The fourth-order valence-electron chi connectivity index (χ4n) is 5.20. The third kappa shape index (κ3) is 4.64. The summed E-state index contributed by atoms with van der Waals surface area (Å²) in [5, 5.41) is 12.2. The summed E-state index contributed by atoms with van der Waals surface area (Å²) in [5.41, 5.74) is 5.22. The van der Waals surface area contributed by atoms with E-state index in [1.54, 1.807) is 0 Å². The Morgan fingerprint density at radius 1 is 0.750 bits per heavy atom. The van der Waals surface area contributed by atoms with Crippen LogP contribution in [0.1, 0.15) is 42.4 Å². The molecule has 32 heavy (non-hydrogen) atoms. The number of aliphatic hydroxyl groups excluding tert-OH is 1. The first-order valence-electron chi connectivity index (χ1n) is 11.8. The number of aromatic nitrogens is 1. The third-order valence-electron chi connectivity index (χ3n) is 6.83. The van der Waals surface area contributed by atoms with Crippen LogP contribution in [0.4, 0.5) is 0 Å². The second-order valence-corrected chi connectivity index (χ2v) is 9.09. The van der Waals surface area contributed by atoms with Crippen LogP contribution in [-0.2, 0) is 19.6 Å². The van der Waals surface area contributed by atoms with Gasteiger partial charge in [0.1, 0.15) is 0 Å². The molecule has 1 fully saturated rings. The topological polar surface area (TPSA) is 28.4 Å². The Balaban J connectivity index is 1.48. The van der Waals surface area contributed by atoms with Crippen LogP contribution in [0.5, 0.6) is 0 Å². The van der Waals surface area contributed by atoms with Crippen LogP contribution in [0.3, 0.4) is 0 Å². The van der Waals surface area contributed by atoms with Gasteiger partial charge in [0, 0.05) is 42.8 Å². The summed E-state index contributed by atoms with van der Waals surface area (Å²) >= 11 is 0. The van der Waals surface area contributed by atoms with E-state index in [4.69, 9.17) is 0 Å². The van der Waals surface area contributed by atoms with Crippen LogP contribution in [0, 0.1) is 0 Å². The highest BCUT2D eigenvalue weighted by Crippen LogP contribution is 2.29. The smallest absolute Gasteiger partial charge is 0.0695 e. The van der Waals surface area contributed by atoms with Gasteiger partial charge in [0.15, 0.2) is 0 Å². The maximum atomic E-state index is 10.9. The Morgan fingerprint density at radius 2 is 1.41 bits per heavy atom. The zero-order valence-electron chi connectivity index (χ0n) is 18.6. The molecule has 1 aliphatic rings. The second kappa shape index (κ2) is 9.72. The molecule has 2 atom stereocenters. The minimum absolute atomic E-state index is 0.209. The summed E-state index contributed by atoms with van der Waals surface area (Å²) in [5.74, 6) is 0. The summed E-state index contributed by atoms with van der Waals surface area (Å²) in [7, 11) is 0. The van der Waals surface area contributed by atoms with Crippen molar-refractivity contribution in [3.8, 4) is 0 Å². The summed E-state index contributed by atoms with van der Waals surface area (Å²) in [6.45, 7) is 2.58. The normalized spacial score (nSPS) is 18.9. The highest BCUT2D eigenvalue weighted by atomic mass is 16.3. The number of nitrogens with zero attached hydrogens (tertiary/aromatic N) is 2. The van der Waals surface area contributed by atoms with Gasteiger partial charge in [0.25, 0.3) is 0 Å². The highest BCUT2D eigenvalue weighted by molar-refractivity contribution is 5.84. The van der Waals surface area contributed by atoms with Crippen molar-refractivity contribution in [3.05, 3.63) is 108 Å². The number of hydrogen-bond donors (Lipinski definition) is 1. The van der Waals surface area contributed by atoms with E-state index in [1.165, 1.54) is 34.0 Å². The van der Waals surface area contributed by atoms with Gasteiger partial charge in [-0.3, -0.25) is 4.90 Å². The molecule has 5 rings (SSSR count). The largest absolute Gasteiger partial charge is 0.391 e. The molecule has 0 bridgehead atoms. The van der Waals surface area contributed by atoms with Gasteiger partial charge in [-0.2, -0.15) is 0 Å². The number of rotatable bonds is 7. The molecule has 0 saturated heterocycles. The Kier molecular flexibility index (Phi) is 6.38. The fourth-order valence-corrected chi connectivity index (χ4v) is 5.20. The van der Waals surface area contributed by atoms with E-state index in [1.807, 2.05) is 0 Å². The van der Waals surface area contributed by atoms with Gasteiger partial charge in [-0.1, -0.05) is 91.7 Å². The molecule has 0 aliphatic heterocycles. The van der Waals surface area contributed by atoms with Crippen molar-refractivity contribution in [2.45, 2.75) is 57.5 Å². The van der Waals surface area contributed by atoms with Crippen molar-refractivity contribution in [1.82, 2.24) is 9.47 Å². The number of benzene rings is 3. The van der Waals surface area contributed by atoms with Crippen molar-refractivity contribution >= 4 is 10.9 Å². The first-order chi connectivity index (χ1) is 15.8. The highest BCUT2D eigenvalue weighted by Gasteiger charge is 2.29. The summed E-state index contributed by atoms with van der Waals surface area (Å²) < 4.78 is 2.37. The molecule has 1 aliphatic carbocycles. The second-order valence-electron chi connectivity index (χ2n) is 9.09. The van der Waals surface area contributed by atoms with Crippen molar-refractivity contribution in [2.75, 3.05) is 0 Å². The summed E-state index contributed by atoms with van der Waals surface area (Å²) in [6, 6.07) is 30.3. The standard InChI is InChI=1S/C29H32N2O/c32-29-18-10-9-17-28(29)31(20-24-13-5-2-6-14-24)22-25-21-30(19-23-11-3-1-4-12-23)27-16-8-7-15-26(25)27/h1-8,11-16,21,28-29,32H,9-10,17-20,22H2. The van der Waals surface area contributed by atoms with E-state index in [0.29, 0.717) is 0 Å². The molecule has 4 aromatic rings. The molecule has 0 spiro atoms. The van der Waals surface area contributed by atoms with Crippen molar-refractivity contribution in [2.24, 2.45) is 0 Å². The molecule has 0 radical (unpaired) electrons. The molecular formula is C29H32N2O. The van der Waals surface area contributed by atoms with Crippen LogP contribution in [0.2, 0.25) is 0 Å². The molecule has 3 heteroatoms. The van der Waals surface area contributed by atoms with Gasteiger partial charge in [0.05, 0.1) is 6.10 Å². The lowest BCUT2D eigenvalue weighted by atomic mass is 9.90. The lowest BCUT2D eigenvalue weighted by molar-refractivity contribution is 0.0116. The molecule has 0 amide bonds. The first-order valence-corrected chi connectivity index (χ1v) is 11.8. The average molecular weight is 425 g/mol. The average Bonchev–Trinajstić information content (AvgIpc) is 3.17. The first kappa shape index (κ1) is 21.0. The fraction of sp³-hybridized carbons (Fsp3) is 0.310. The maximum Gasteiger partial charge on any atom is 0.0695 e. The van der Waals surface area contributed by atoms with E-state index in [9.17, 15) is 5.11 Å². The molecule has 1 heterocycles. The molecule has 1 aromatic heterocycles. The van der Waals surface area contributed by atoms with E-state index in [-0.39, 0.29) is 12.1 Å². The minimum Gasteiger partial charge on any atom is -0.391 e. The van der Waals surface area contributed by atoms with Crippen molar-refractivity contribution < 1.29 is 5.11 Å². The lowest BCUT2D eigenvalue weighted by Crippen LogP contribution is -2.44. The van der Waals surface area contributed by atoms with Crippen LogP contribution in [0.25, 0.3) is 10.9 Å². The SMILES string of the molecule is OC1CCCCC1N(Cc1ccccc1)Cc1cn(Cc2ccccc2)c2ccccc12. The molecular weight excluding hydrogens is 392 g/mol. The molecule has 2 unspecified atom stereocenters. The number of aliphatic hydroxyl groups is 1. The van der Waals surface area contributed by atoms with E-state index in [0.717, 1.165) is 38.9 Å². The predicted molar refractivity (Wildman–Crippen MR) is 131 cm³/mol. The minimum atomic E-state index is -0.245. The van der Waals surface area contributed by atoms with E-state index < -0.39 is 0 Å². The van der Waals surface area contributed by atoms with Gasteiger partial charge in [-0.15, -0.1) is 0 Å². The Hall–Kier alpha value is -2.88. The van der Waals surface area contributed by atoms with Crippen LogP contribution in [0.15, 0.2) is 91.1 Å². The van der Waals surface area contributed by atoms with Gasteiger partial charge >= 0.3 is 0 Å². The third-order valence-corrected chi connectivity index (χ3v) is 6.83. The molecule has 3 aromatic carbocycles. The van der Waals surface area contributed by atoms with Crippen LogP contribution in [-0.4, -0.2) is 26.7 Å². The summed E-state index contributed by atoms with van der Waals surface area (Å²) in [4.78, 5) is 2.51. The predicted octanol–water partition coefficient (Wildman–Crippen LogP) is 6.00. The number of hydrogen-bond acceptors (Lipinski definition) is 2. The maximum absolute atomic E-state index is 10.9.